The Balaban J connectivity index is 1.51. The van der Waals surface area contributed by atoms with Gasteiger partial charge in [0.05, 0.1) is 12.9 Å². The van der Waals surface area contributed by atoms with E-state index in [2.05, 4.69) is 11.8 Å². The van der Waals surface area contributed by atoms with Crippen LogP contribution < -0.4 is 0 Å². The van der Waals surface area contributed by atoms with Crippen molar-refractivity contribution in [2.75, 3.05) is 12.4 Å². The second kappa shape index (κ2) is 5.69. The van der Waals surface area contributed by atoms with Gasteiger partial charge in [0.15, 0.2) is 0 Å². The summed E-state index contributed by atoms with van der Waals surface area (Å²) in [6.45, 7) is 0.931. The topological polar surface area (TPSA) is 9.23 Å². The smallest absolute Gasteiger partial charge is 0.0873 e. The molecule has 0 radical (unpaired) electrons. The van der Waals surface area contributed by atoms with Crippen LogP contribution in [0.1, 0.15) is 44.9 Å². The van der Waals surface area contributed by atoms with Crippen LogP contribution in [0.2, 0.25) is 0 Å². The first kappa shape index (κ1) is 10.4. The third kappa shape index (κ3) is 3.95. The number of thioether (sulfide) groups is 1. The molecule has 1 saturated carbocycles. The Morgan fingerprint density at radius 1 is 1.29 bits per heavy atom. The van der Waals surface area contributed by atoms with E-state index in [1.807, 2.05) is 6.26 Å². The van der Waals surface area contributed by atoms with E-state index < -0.39 is 0 Å². The number of rotatable bonds is 5. The van der Waals surface area contributed by atoms with Gasteiger partial charge in [-0.25, -0.2) is 0 Å². The molecule has 0 spiro atoms. The molecule has 0 aromatic carbocycles. The van der Waals surface area contributed by atoms with Crippen LogP contribution in [-0.2, 0) is 4.74 Å². The molecule has 0 amide bonds. The summed E-state index contributed by atoms with van der Waals surface area (Å²) in [7, 11) is 0. The average Bonchev–Trinajstić information content (AvgIpc) is 3.03. The second-order valence-corrected chi connectivity index (χ2v) is 5.64. The number of hydrogen-bond donors (Lipinski definition) is 0. The first-order chi connectivity index (χ1) is 6.95. The highest BCUT2D eigenvalue weighted by Gasteiger charge is 2.20. The number of ether oxygens (including phenoxy) is 1. The van der Waals surface area contributed by atoms with E-state index in [0.717, 1.165) is 11.9 Å². The number of hydrogen-bond acceptors (Lipinski definition) is 2. The van der Waals surface area contributed by atoms with Gasteiger partial charge in [-0.3, -0.25) is 0 Å². The van der Waals surface area contributed by atoms with E-state index in [4.69, 9.17) is 4.74 Å². The minimum Gasteiger partial charge on any atom is -0.501 e. The van der Waals surface area contributed by atoms with Crippen LogP contribution in [0.3, 0.4) is 0 Å². The van der Waals surface area contributed by atoms with E-state index in [-0.39, 0.29) is 0 Å². The fraction of sp³-hybridized carbons (Fsp3) is 0.833. The Morgan fingerprint density at radius 3 is 2.79 bits per heavy atom. The van der Waals surface area contributed by atoms with Crippen LogP contribution in [0, 0.1) is 0 Å². The fourth-order valence-electron chi connectivity index (χ4n) is 1.93. The molecule has 1 aliphatic heterocycles. The van der Waals surface area contributed by atoms with Crippen LogP contribution in [0.5, 0.6) is 0 Å². The molecule has 1 saturated heterocycles. The van der Waals surface area contributed by atoms with Crippen molar-refractivity contribution in [2.24, 2.45) is 0 Å². The zero-order chi connectivity index (χ0) is 9.64. The maximum atomic E-state index is 5.58. The van der Waals surface area contributed by atoms with Crippen LogP contribution in [0.25, 0.3) is 0 Å². The zero-order valence-corrected chi connectivity index (χ0v) is 9.65. The molecule has 0 N–H and O–H groups in total. The molecular formula is C12H20OS. The Labute approximate surface area is 91.3 Å². The van der Waals surface area contributed by atoms with Gasteiger partial charge in [-0.05, 0) is 44.1 Å². The lowest BCUT2D eigenvalue weighted by atomic mass is 9.96. The van der Waals surface area contributed by atoms with Gasteiger partial charge in [0, 0.05) is 11.0 Å². The highest BCUT2D eigenvalue weighted by molar-refractivity contribution is 8.06. The van der Waals surface area contributed by atoms with Crippen LogP contribution in [0.15, 0.2) is 11.8 Å². The average molecular weight is 212 g/mol. The van der Waals surface area contributed by atoms with Gasteiger partial charge < -0.3 is 4.74 Å². The van der Waals surface area contributed by atoms with Crippen molar-refractivity contribution >= 4 is 11.8 Å². The van der Waals surface area contributed by atoms with Gasteiger partial charge in [-0.15, -0.1) is 0 Å². The minimum absolute atomic E-state index is 0.931. The molecule has 2 heteroatoms. The summed E-state index contributed by atoms with van der Waals surface area (Å²) in [5.74, 6) is 1.39. The predicted octanol–water partition coefficient (Wildman–Crippen LogP) is 3.75. The normalized spacial score (nSPS) is 26.0. The standard InChI is InChI=1S/C12H20OS/c1-2-5-11(6-3-1)9-13-8-4-7-12-10-14-12/h9,12H,1-8,10H2. The van der Waals surface area contributed by atoms with Crippen molar-refractivity contribution in [1.29, 1.82) is 0 Å². The van der Waals surface area contributed by atoms with Crippen molar-refractivity contribution in [3.8, 4) is 0 Å². The van der Waals surface area contributed by atoms with Crippen LogP contribution in [0.4, 0.5) is 0 Å². The molecule has 1 nitrogen and oxygen atoms in total. The second-order valence-electron chi connectivity index (χ2n) is 4.31. The minimum atomic E-state index is 0.931. The highest BCUT2D eigenvalue weighted by atomic mass is 32.2. The van der Waals surface area contributed by atoms with Gasteiger partial charge in [-0.2, -0.15) is 11.8 Å². The lowest BCUT2D eigenvalue weighted by Crippen LogP contribution is -1.96. The molecule has 0 bridgehead atoms. The Morgan fingerprint density at radius 2 is 2.07 bits per heavy atom. The molecule has 0 aromatic rings. The summed E-state index contributed by atoms with van der Waals surface area (Å²) in [5.41, 5.74) is 1.54. The van der Waals surface area contributed by atoms with E-state index in [1.54, 1.807) is 0 Å². The summed E-state index contributed by atoms with van der Waals surface area (Å²) in [6.07, 6.45) is 11.3. The van der Waals surface area contributed by atoms with Gasteiger partial charge >= 0.3 is 0 Å². The summed E-state index contributed by atoms with van der Waals surface area (Å²) in [6, 6.07) is 0. The molecule has 1 heterocycles. The zero-order valence-electron chi connectivity index (χ0n) is 8.84. The molecular weight excluding hydrogens is 192 g/mol. The molecule has 80 valence electrons. The summed E-state index contributed by atoms with van der Waals surface area (Å²) in [4.78, 5) is 0. The lowest BCUT2D eigenvalue weighted by Gasteiger charge is -2.13. The van der Waals surface area contributed by atoms with Crippen molar-refractivity contribution in [2.45, 2.75) is 50.2 Å². The Kier molecular flexibility index (Phi) is 4.23. The fourth-order valence-corrected chi connectivity index (χ4v) is 2.57. The highest BCUT2D eigenvalue weighted by Crippen LogP contribution is 2.33. The largest absolute Gasteiger partial charge is 0.501 e. The van der Waals surface area contributed by atoms with Crippen molar-refractivity contribution in [1.82, 2.24) is 0 Å². The van der Waals surface area contributed by atoms with E-state index in [1.165, 1.54) is 56.3 Å². The molecule has 1 unspecified atom stereocenters. The molecule has 0 aromatic heterocycles. The predicted molar refractivity (Wildman–Crippen MR) is 62.6 cm³/mol. The van der Waals surface area contributed by atoms with Crippen molar-refractivity contribution in [3.63, 3.8) is 0 Å². The summed E-state index contributed by atoms with van der Waals surface area (Å²) >= 11 is 2.08. The molecule has 2 rings (SSSR count). The first-order valence-electron chi connectivity index (χ1n) is 5.86. The molecule has 2 aliphatic rings. The van der Waals surface area contributed by atoms with Gasteiger partial charge in [0.1, 0.15) is 0 Å². The molecule has 2 fully saturated rings. The Hall–Kier alpha value is -0.110. The quantitative estimate of drug-likeness (QED) is 0.390. The SMILES string of the molecule is C(OCCCC1CS1)=C1CCCCC1. The van der Waals surface area contributed by atoms with Gasteiger partial charge in [-0.1, -0.05) is 6.42 Å². The van der Waals surface area contributed by atoms with E-state index >= 15 is 0 Å². The van der Waals surface area contributed by atoms with Crippen molar-refractivity contribution < 1.29 is 4.74 Å². The monoisotopic (exact) mass is 212 g/mol. The third-order valence-electron chi connectivity index (χ3n) is 2.94. The molecule has 14 heavy (non-hydrogen) atoms. The third-order valence-corrected chi connectivity index (χ3v) is 3.98. The lowest BCUT2D eigenvalue weighted by molar-refractivity contribution is 0.237. The van der Waals surface area contributed by atoms with Crippen LogP contribution >= 0.6 is 11.8 Å². The Bertz CT molecular complexity index is 188. The summed E-state index contributed by atoms with van der Waals surface area (Å²) in [5, 5.41) is 0.973. The van der Waals surface area contributed by atoms with Gasteiger partial charge in [0.2, 0.25) is 0 Å². The van der Waals surface area contributed by atoms with Gasteiger partial charge in [0.25, 0.3) is 0 Å². The van der Waals surface area contributed by atoms with E-state index in [0.29, 0.717) is 0 Å². The maximum absolute atomic E-state index is 5.58. The van der Waals surface area contributed by atoms with Crippen molar-refractivity contribution in [3.05, 3.63) is 11.8 Å². The number of allylic oxidation sites excluding steroid dienone is 1. The molecule has 1 atom stereocenters. The van der Waals surface area contributed by atoms with E-state index in [9.17, 15) is 0 Å². The molecule has 1 aliphatic carbocycles. The first-order valence-corrected chi connectivity index (χ1v) is 6.91. The summed E-state index contributed by atoms with van der Waals surface area (Å²) < 4.78 is 5.58. The maximum Gasteiger partial charge on any atom is 0.0873 e. The van der Waals surface area contributed by atoms with Crippen LogP contribution in [-0.4, -0.2) is 17.6 Å².